The number of benzene rings is 2. The van der Waals surface area contributed by atoms with E-state index in [1.807, 2.05) is 12.1 Å². The summed E-state index contributed by atoms with van der Waals surface area (Å²) in [5.74, 6) is -2.08. The van der Waals surface area contributed by atoms with Crippen LogP contribution in [0.5, 0.6) is 5.88 Å². The molecule has 0 amide bonds. The van der Waals surface area contributed by atoms with Crippen LogP contribution in [0.2, 0.25) is 0 Å². The average Bonchev–Trinajstić information content (AvgIpc) is 3.48. The normalized spacial score (nSPS) is 14.9. The predicted molar refractivity (Wildman–Crippen MR) is 152 cm³/mol. The molecule has 1 saturated heterocycles. The van der Waals surface area contributed by atoms with Crippen molar-refractivity contribution >= 4 is 17.6 Å². The van der Waals surface area contributed by atoms with Crippen LogP contribution in [0.15, 0.2) is 91.3 Å². The fraction of sp³-hybridized carbons (Fsp3) is 0.300. The van der Waals surface area contributed by atoms with Crippen LogP contribution >= 0.6 is 0 Å². The Morgan fingerprint density at radius 2 is 1.50 bits per heavy atom. The third-order valence-corrected chi connectivity index (χ3v) is 6.47. The Balaban J connectivity index is 0.000000446. The van der Waals surface area contributed by atoms with E-state index in [0.717, 1.165) is 25.9 Å². The van der Waals surface area contributed by atoms with Crippen LogP contribution in [0.3, 0.4) is 0 Å². The second-order valence-electron chi connectivity index (χ2n) is 9.62. The van der Waals surface area contributed by atoms with Crippen molar-refractivity contribution in [3.8, 4) is 5.88 Å². The number of aliphatic hydroxyl groups excluding tert-OH is 1. The van der Waals surface area contributed by atoms with E-state index in [4.69, 9.17) is 19.7 Å². The van der Waals surface area contributed by atoms with Gasteiger partial charge in [-0.15, -0.1) is 15.3 Å². The zero-order valence-electron chi connectivity index (χ0n) is 22.8. The fourth-order valence-electron chi connectivity index (χ4n) is 4.49. The van der Waals surface area contributed by atoms with Crippen molar-refractivity contribution < 1.29 is 34.4 Å². The minimum Gasteiger partial charge on any atom is -0.478 e. The lowest BCUT2D eigenvalue weighted by Gasteiger charge is -2.35. The number of rotatable bonds is 11. The van der Waals surface area contributed by atoms with Gasteiger partial charge in [0.25, 0.3) is 0 Å². The molecule has 0 aliphatic carbocycles. The molecule has 1 aliphatic rings. The molecule has 1 fully saturated rings. The summed E-state index contributed by atoms with van der Waals surface area (Å²) in [5, 5.41) is 38.1. The minimum absolute atomic E-state index is 0.0755. The van der Waals surface area contributed by atoms with E-state index in [1.54, 1.807) is 16.6 Å². The van der Waals surface area contributed by atoms with Gasteiger partial charge in [0, 0.05) is 37.9 Å². The molecule has 3 heterocycles. The molecule has 1 atom stereocenters. The lowest BCUT2D eigenvalue weighted by Crippen LogP contribution is -2.42. The van der Waals surface area contributed by atoms with Gasteiger partial charge < -0.3 is 29.7 Å². The first-order valence-corrected chi connectivity index (χ1v) is 13.5. The second-order valence-corrected chi connectivity index (χ2v) is 9.62. The molecule has 0 saturated carbocycles. The molecule has 0 radical (unpaired) electrons. The summed E-state index contributed by atoms with van der Waals surface area (Å²) in [5.41, 5.74) is 2.99. The first-order chi connectivity index (χ1) is 20.4. The van der Waals surface area contributed by atoms with Gasteiger partial charge in [0.2, 0.25) is 5.88 Å². The summed E-state index contributed by atoms with van der Waals surface area (Å²) in [4.78, 5) is 21.4. The molecule has 5 rings (SSSR count). The Bertz CT molecular complexity index is 1380. The van der Waals surface area contributed by atoms with Gasteiger partial charge in [-0.05, 0) is 30.0 Å². The number of likely N-dealkylation sites (tertiary alicyclic amines) is 1. The molecule has 220 valence electrons. The second kappa shape index (κ2) is 15.4. The highest BCUT2D eigenvalue weighted by molar-refractivity contribution is 5.89. The number of aliphatic carboxylic acids is 2. The molecule has 2 aromatic heterocycles. The number of carboxylic acid groups (broad SMARTS) is 2. The number of carboxylic acids is 2. The number of aliphatic hydroxyl groups is 1. The van der Waals surface area contributed by atoms with Gasteiger partial charge in [-0.25, -0.2) is 9.59 Å². The van der Waals surface area contributed by atoms with E-state index in [-0.39, 0.29) is 18.8 Å². The zero-order valence-corrected chi connectivity index (χ0v) is 22.8. The van der Waals surface area contributed by atoms with Gasteiger partial charge in [-0.2, -0.15) is 4.52 Å². The molecule has 2 aromatic carbocycles. The number of aromatic nitrogens is 4. The topological polar surface area (TPSA) is 160 Å². The summed E-state index contributed by atoms with van der Waals surface area (Å²) in [6, 6.07) is 24.3. The zero-order chi connectivity index (χ0) is 29.7. The standard InChI is InChI=1S/C26H29N5O3.C4H4O4/c32-22(18-33-25-12-11-24-28-27-19-31(24)29-25)17-30-15-13-23(14-16-30)34-26(20-7-3-1-4-8-20)21-9-5-2-6-10-21;5-3(6)1-2-4(7)8/h1-12,19,22-23,26,32H,13-18H2;1-2H,(H,5,6)(H,7,8). The Hall–Kier alpha value is -4.65. The van der Waals surface area contributed by atoms with Crippen molar-refractivity contribution in [1.29, 1.82) is 0 Å². The molecule has 3 N–H and O–H groups in total. The van der Waals surface area contributed by atoms with Gasteiger partial charge in [-0.3, -0.25) is 0 Å². The molecular formula is C30H33N5O7. The van der Waals surface area contributed by atoms with E-state index < -0.39 is 18.0 Å². The van der Waals surface area contributed by atoms with E-state index in [2.05, 4.69) is 68.7 Å². The maximum atomic E-state index is 10.5. The number of hydrogen-bond donors (Lipinski definition) is 3. The summed E-state index contributed by atoms with van der Waals surface area (Å²) >= 11 is 0. The van der Waals surface area contributed by atoms with Crippen molar-refractivity contribution in [2.24, 2.45) is 0 Å². The largest absolute Gasteiger partial charge is 0.478 e. The van der Waals surface area contributed by atoms with Crippen molar-refractivity contribution in [1.82, 2.24) is 24.7 Å². The molecule has 0 bridgehead atoms. The fourth-order valence-corrected chi connectivity index (χ4v) is 4.49. The van der Waals surface area contributed by atoms with Gasteiger partial charge >= 0.3 is 11.9 Å². The molecule has 0 spiro atoms. The molecule has 4 aromatic rings. The highest BCUT2D eigenvalue weighted by Gasteiger charge is 2.25. The van der Waals surface area contributed by atoms with Crippen LogP contribution < -0.4 is 4.74 Å². The Kier molecular flexibility index (Phi) is 11.1. The van der Waals surface area contributed by atoms with Crippen LogP contribution in [-0.2, 0) is 14.3 Å². The first kappa shape index (κ1) is 30.3. The number of piperidine rings is 1. The monoisotopic (exact) mass is 575 g/mol. The van der Waals surface area contributed by atoms with Gasteiger partial charge in [0.1, 0.15) is 25.1 Å². The van der Waals surface area contributed by atoms with Crippen LogP contribution in [0.1, 0.15) is 30.1 Å². The highest BCUT2D eigenvalue weighted by atomic mass is 16.5. The number of carbonyl (C=O) groups is 2. The SMILES string of the molecule is O=C(O)C=CC(=O)O.OC(COc1ccc2nncn2n1)CN1CCC(OC(c2ccccc2)c2ccccc2)CC1. The molecule has 12 heteroatoms. The number of ether oxygens (including phenoxy) is 2. The van der Waals surface area contributed by atoms with Crippen LogP contribution in [-0.4, -0.2) is 90.4 Å². The molecule has 1 aliphatic heterocycles. The van der Waals surface area contributed by atoms with Gasteiger partial charge in [0.05, 0.1) is 6.10 Å². The van der Waals surface area contributed by atoms with Crippen molar-refractivity contribution in [3.05, 3.63) is 102 Å². The summed E-state index contributed by atoms with van der Waals surface area (Å²) < 4.78 is 13.8. The van der Waals surface area contributed by atoms with Crippen molar-refractivity contribution in [2.45, 2.75) is 31.2 Å². The van der Waals surface area contributed by atoms with Crippen molar-refractivity contribution in [3.63, 3.8) is 0 Å². The third-order valence-electron chi connectivity index (χ3n) is 6.47. The number of β-amino-alcohol motifs (C(OH)–C–C–N with tert-alkyl or cyclic N) is 1. The van der Waals surface area contributed by atoms with Crippen molar-refractivity contribution in [2.75, 3.05) is 26.2 Å². The van der Waals surface area contributed by atoms with Gasteiger partial charge in [-0.1, -0.05) is 60.7 Å². The van der Waals surface area contributed by atoms with E-state index >= 15 is 0 Å². The summed E-state index contributed by atoms with van der Waals surface area (Å²) in [6.07, 6.45) is 3.99. The Morgan fingerprint density at radius 1 is 0.905 bits per heavy atom. The van der Waals surface area contributed by atoms with Crippen LogP contribution in [0.4, 0.5) is 0 Å². The number of nitrogens with zero attached hydrogens (tertiary/aromatic N) is 5. The Morgan fingerprint density at radius 3 is 2.07 bits per heavy atom. The molecule has 1 unspecified atom stereocenters. The quantitative estimate of drug-likeness (QED) is 0.226. The smallest absolute Gasteiger partial charge is 0.328 e. The van der Waals surface area contributed by atoms with Crippen LogP contribution in [0.25, 0.3) is 5.65 Å². The predicted octanol–water partition coefficient (Wildman–Crippen LogP) is 2.85. The lowest BCUT2D eigenvalue weighted by atomic mass is 10.00. The Labute approximate surface area is 242 Å². The molecule has 42 heavy (non-hydrogen) atoms. The number of hydrogen-bond acceptors (Lipinski definition) is 9. The first-order valence-electron chi connectivity index (χ1n) is 13.5. The number of fused-ring (bicyclic) bond motifs is 1. The van der Waals surface area contributed by atoms with E-state index in [1.165, 1.54) is 17.5 Å². The molecular weight excluding hydrogens is 542 g/mol. The maximum Gasteiger partial charge on any atom is 0.328 e. The third kappa shape index (κ3) is 9.47. The maximum absolute atomic E-state index is 10.5. The lowest BCUT2D eigenvalue weighted by molar-refractivity contribution is -0.134. The summed E-state index contributed by atoms with van der Waals surface area (Å²) in [7, 11) is 0. The average molecular weight is 576 g/mol. The summed E-state index contributed by atoms with van der Waals surface area (Å²) in [6.45, 7) is 2.50. The van der Waals surface area contributed by atoms with Crippen LogP contribution in [0, 0.1) is 0 Å². The highest BCUT2D eigenvalue weighted by Crippen LogP contribution is 2.30. The molecule has 12 nitrogen and oxygen atoms in total. The van der Waals surface area contributed by atoms with E-state index in [9.17, 15) is 14.7 Å². The van der Waals surface area contributed by atoms with E-state index in [0.29, 0.717) is 30.2 Å². The minimum atomic E-state index is -1.26. The van der Waals surface area contributed by atoms with Gasteiger partial charge in [0.15, 0.2) is 5.65 Å².